The maximum atomic E-state index is 14.6. The monoisotopic (exact) mass is 719 g/mol. The van der Waals surface area contributed by atoms with E-state index in [4.69, 9.17) is 0 Å². The van der Waals surface area contributed by atoms with Gasteiger partial charge in [0.05, 0.1) is 22.1 Å². The molecular formula is C37H61N5O7S. The minimum atomic E-state index is -3.56. The fourth-order valence-corrected chi connectivity index (χ4v) is 9.69. The summed E-state index contributed by atoms with van der Waals surface area (Å²) >= 11 is 0. The van der Waals surface area contributed by atoms with Gasteiger partial charge in [0.15, 0.2) is 9.84 Å². The molecule has 4 fully saturated rings. The van der Waals surface area contributed by atoms with Gasteiger partial charge in [-0.15, -0.1) is 6.58 Å². The van der Waals surface area contributed by atoms with Crippen LogP contribution in [0.2, 0.25) is 0 Å². The molecule has 5 amide bonds. The van der Waals surface area contributed by atoms with Crippen molar-refractivity contribution in [2.24, 2.45) is 23.2 Å². The second-order valence-corrected chi connectivity index (χ2v) is 20.1. The Hall–Kier alpha value is -2.96. The maximum Gasteiger partial charge on any atom is 0.315 e. The van der Waals surface area contributed by atoms with Crippen LogP contribution >= 0.6 is 0 Å². The molecule has 0 aromatic rings. The van der Waals surface area contributed by atoms with Gasteiger partial charge in [0.1, 0.15) is 12.1 Å². The van der Waals surface area contributed by atoms with Gasteiger partial charge in [0, 0.05) is 13.1 Å². The van der Waals surface area contributed by atoms with Crippen molar-refractivity contribution in [3.63, 3.8) is 0 Å². The Balaban J connectivity index is 1.56. The summed E-state index contributed by atoms with van der Waals surface area (Å²) in [5.41, 5.74) is -1.71. The second kappa shape index (κ2) is 15.7. The van der Waals surface area contributed by atoms with Crippen LogP contribution in [0.4, 0.5) is 4.79 Å². The molecular weight excluding hydrogens is 659 g/mol. The summed E-state index contributed by atoms with van der Waals surface area (Å²) < 4.78 is 25.7. The van der Waals surface area contributed by atoms with Crippen molar-refractivity contribution in [1.82, 2.24) is 26.2 Å². The van der Waals surface area contributed by atoms with E-state index < -0.39 is 73.2 Å². The predicted octanol–water partition coefficient (Wildman–Crippen LogP) is 3.79. The summed E-state index contributed by atoms with van der Waals surface area (Å²) in [7, 11) is -3.56. The van der Waals surface area contributed by atoms with Crippen LogP contribution in [0.3, 0.4) is 0 Å². The SMILES string of the molecule is C=CCNC(=O)C(=O)C(CC1CCC1)NC(=O)[C@@H]1[C@H]2CCC[C@H]2CN1C(=O)[C@@H](NC(=O)NC1(CS(=O)(=O)C(C)(C)C)CCCCC1)C(C)(C)C. The number of carbonyl (C=O) groups is 5. The number of carbonyl (C=O) groups excluding carboxylic acids is 5. The molecule has 1 aliphatic heterocycles. The van der Waals surface area contributed by atoms with Gasteiger partial charge in [-0.3, -0.25) is 19.2 Å². The predicted molar refractivity (Wildman–Crippen MR) is 193 cm³/mol. The van der Waals surface area contributed by atoms with E-state index in [2.05, 4.69) is 27.8 Å². The van der Waals surface area contributed by atoms with E-state index in [1.165, 1.54) is 6.08 Å². The number of hydrogen-bond donors (Lipinski definition) is 4. The summed E-state index contributed by atoms with van der Waals surface area (Å²) in [5, 5.41) is 11.3. The van der Waals surface area contributed by atoms with Gasteiger partial charge in [-0.05, 0) is 76.0 Å². The van der Waals surface area contributed by atoms with Crippen molar-refractivity contribution in [2.75, 3.05) is 18.8 Å². The molecule has 1 heterocycles. The Morgan fingerprint density at radius 3 is 2.10 bits per heavy atom. The quantitative estimate of drug-likeness (QED) is 0.166. The Labute approximate surface area is 299 Å². The number of amides is 5. The lowest BCUT2D eigenvalue weighted by Gasteiger charge is -2.41. The number of nitrogens with one attached hydrogen (secondary N) is 4. The molecule has 50 heavy (non-hydrogen) atoms. The highest BCUT2D eigenvalue weighted by atomic mass is 32.2. The Morgan fingerprint density at radius 2 is 1.54 bits per heavy atom. The van der Waals surface area contributed by atoms with Gasteiger partial charge in [-0.1, -0.05) is 71.8 Å². The number of likely N-dealkylation sites (tertiary alicyclic amines) is 1. The third-order valence-electron chi connectivity index (χ3n) is 11.5. The number of nitrogens with zero attached hydrogens (tertiary/aromatic N) is 1. The zero-order valence-electron chi connectivity index (χ0n) is 31.1. The molecule has 1 saturated heterocycles. The lowest BCUT2D eigenvalue weighted by Crippen LogP contribution is -2.64. The Morgan fingerprint density at radius 1 is 0.900 bits per heavy atom. The first-order chi connectivity index (χ1) is 23.3. The lowest BCUT2D eigenvalue weighted by molar-refractivity contribution is -0.144. The smallest absolute Gasteiger partial charge is 0.315 e. The van der Waals surface area contributed by atoms with Crippen molar-refractivity contribution >= 4 is 39.4 Å². The average molecular weight is 720 g/mol. The highest BCUT2D eigenvalue weighted by molar-refractivity contribution is 7.92. The van der Waals surface area contributed by atoms with Crippen LogP contribution in [0.5, 0.6) is 0 Å². The van der Waals surface area contributed by atoms with Crippen LogP contribution in [-0.2, 0) is 29.0 Å². The first-order valence-corrected chi connectivity index (χ1v) is 20.3. The molecule has 0 radical (unpaired) electrons. The van der Waals surface area contributed by atoms with Gasteiger partial charge in [-0.2, -0.15) is 0 Å². The zero-order valence-corrected chi connectivity index (χ0v) is 31.9. The summed E-state index contributed by atoms with van der Waals surface area (Å²) in [6.07, 6.45) is 10.9. The van der Waals surface area contributed by atoms with Gasteiger partial charge in [0.25, 0.3) is 5.91 Å². The molecule has 4 N–H and O–H groups in total. The molecule has 282 valence electrons. The Bertz CT molecular complexity index is 1410. The molecule has 4 aliphatic rings. The molecule has 3 aliphatic carbocycles. The fourth-order valence-electron chi connectivity index (χ4n) is 8.17. The number of sulfone groups is 1. The number of fused-ring (bicyclic) bond motifs is 1. The molecule has 4 rings (SSSR count). The average Bonchev–Trinajstić information content (AvgIpc) is 3.59. The first kappa shape index (κ1) is 39.8. The molecule has 0 spiro atoms. The van der Waals surface area contributed by atoms with Crippen molar-refractivity contribution in [2.45, 2.75) is 147 Å². The van der Waals surface area contributed by atoms with Gasteiger partial charge in [0.2, 0.25) is 17.6 Å². The third kappa shape index (κ3) is 9.28. The molecule has 13 heteroatoms. The van der Waals surface area contributed by atoms with E-state index in [9.17, 15) is 32.4 Å². The van der Waals surface area contributed by atoms with Crippen molar-refractivity contribution < 1.29 is 32.4 Å². The minimum absolute atomic E-state index is 0.101. The van der Waals surface area contributed by atoms with Crippen LogP contribution in [0.1, 0.15) is 119 Å². The number of urea groups is 1. The van der Waals surface area contributed by atoms with Gasteiger partial charge >= 0.3 is 6.03 Å². The Kier molecular flexibility index (Phi) is 12.5. The number of Topliss-reactive ketones (excluding diaryl/α,β-unsaturated/α-hetero) is 1. The molecule has 0 aromatic heterocycles. The molecule has 5 atom stereocenters. The summed E-state index contributed by atoms with van der Waals surface area (Å²) in [6.45, 7) is 14.6. The maximum absolute atomic E-state index is 14.6. The standard InChI is InChI=1S/C37H61N5O7S/c1-8-20-38-32(45)29(43)27(21-24-14-12-15-24)39-31(44)28-26-17-13-16-25(26)22-42(28)33(46)30(35(2,3)4)40-34(47)41-37(18-10-9-11-19-37)23-50(48,49)36(5,6)7/h8,24-28,30H,1,9-23H2,2-7H3,(H,38,45)(H,39,44)(H2,40,41,47)/t25-,26-,27?,28-,30+/m0/s1. The van der Waals surface area contributed by atoms with E-state index >= 15 is 0 Å². The summed E-state index contributed by atoms with van der Waals surface area (Å²) in [5.74, 6) is -2.28. The van der Waals surface area contributed by atoms with Crippen LogP contribution in [0.15, 0.2) is 12.7 Å². The van der Waals surface area contributed by atoms with Crippen molar-refractivity contribution in [3.8, 4) is 0 Å². The van der Waals surface area contributed by atoms with Crippen molar-refractivity contribution in [1.29, 1.82) is 0 Å². The minimum Gasteiger partial charge on any atom is -0.346 e. The van der Waals surface area contributed by atoms with Crippen LogP contribution in [-0.4, -0.2) is 90.1 Å². The highest BCUT2D eigenvalue weighted by Gasteiger charge is 2.52. The number of hydrogen-bond acceptors (Lipinski definition) is 7. The van der Waals surface area contributed by atoms with Gasteiger partial charge < -0.3 is 26.2 Å². The van der Waals surface area contributed by atoms with E-state index in [0.29, 0.717) is 25.8 Å². The molecule has 3 saturated carbocycles. The summed E-state index contributed by atoms with van der Waals surface area (Å²) in [6, 6.07) is -3.48. The van der Waals surface area contributed by atoms with Gasteiger partial charge in [-0.25, -0.2) is 13.2 Å². The highest BCUT2D eigenvalue weighted by Crippen LogP contribution is 2.43. The van der Waals surface area contributed by atoms with Crippen molar-refractivity contribution in [3.05, 3.63) is 12.7 Å². The largest absolute Gasteiger partial charge is 0.346 e. The normalized spacial score (nSPS) is 25.0. The van der Waals surface area contributed by atoms with Crippen LogP contribution in [0.25, 0.3) is 0 Å². The third-order valence-corrected chi connectivity index (χ3v) is 14.3. The topological polar surface area (TPSA) is 171 Å². The molecule has 0 bridgehead atoms. The van der Waals surface area contributed by atoms with Crippen LogP contribution < -0.4 is 21.3 Å². The molecule has 1 unspecified atom stereocenters. The van der Waals surface area contributed by atoms with E-state index in [0.717, 1.165) is 57.8 Å². The zero-order chi connectivity index (χ0) is 37.1. The number of rotatable bonds is 13. The van der Waals surface area contributed by atoms with Crippen LogP contribution in [0, 0.1) is 23.2 Å². The fraction of sp³-hybridized carbons (Fsp3) is 0.811. The van der Waals surface area contributed by atoms with E-state index in [1.54, 1.807) is 25.7 Å². The lowest BCUT2D eigenvalue weighted by atomic mass is 9.80. The number of ketones is 1. The van der Waals surface area contributed by atoms with E-state index in [1.807, 2.05) is 20.8 Å². The van der Waals surface area contributed by atoms with E-state index in [-0.39, 0.29) is 30.1 Å². The second-order valence-electron chi connectivity index (χ2n) is 17.4. The molecule has 12 nitrogen and oxygen atoms in total. The summed E-state index contributed by atoms with van der Waals surface area (Å²) in [4.78, 5) is 70.1. The molecule has 0 aromatic carbocycles. The first-order valence-electron chi connectivity index (χ1n) is 18.6.